The molecule has 2 aromatic heterocycles. The molecule has 2 unspecified atom stereocenters. The van der Waals surface area contributed by atoms with Gasteiger partial charge in [-0.25, -0.2) is 4.98 Å². The first kappa shape index (κ1) is 14.9. The highest BCUT2D eigenvalue weighted by Crippen LogP contribution is 2.35. The largest absolute Gasteiger partial charge is 0.354 e. The second-order valence-electron chi connectivity index (χ2n) is 5.49. The first-order valence-corrected chi connectivity index (χ1v) is 9.37. The van der Waals surface area contributed by atoms with Crippen LogP contribution in [0.5, 0.6) is 0 Å². The fourth-order valence-electron chi connectivity index (χ4n) is 2.72. The summed E-state index contributed by atoms with van der Waals surface area (Å²) in [5, 5.41) is 5.10. The topological polar surface area (TPSA) is 41.1 Å². The second-order valence-corrected chi connectivity index (χ2v) is 8.21. The molecule has 1 fully saturated rings. The number of rotatable bonds is 3. The van der Waals surface area contributed by atoms with E-state index in [-0.39, 0.29) is 0 Å². The average Bonchev–Trinajstić information content (AvgIpc) is 2.82. The van der Waals surface area contributed by atoms with Gasteiger partial charge in [0.15, 0.2) is 0 Å². The van der Waals surface area contributed by atoms with Crippen molar-refractivity contribution in [1.82, 2.24) is 9.97 Å². The van der Waals surface area contributed by atoms with Crippen molar-refractivity contribution in [2.75, 3.05) is 29.1 Å². The van der Waals surface area contributed by atoms with E-state index >= 15 is 0 Å². The van der Waals surface area contributed by atoms with Gasteiger partial charge in [0.05, 0.1) is 5.39 Å². The van der Waals surface area contributed by atoms with Gasteiger partial charge >= 0.3 is 0 Å². The predicted molar refractivity (Wildman–Crippen MR) is 95.0 cm³/mol. The summed E-state index contributed by atoms with van der Waals surface area (Å²) >= 11 is 3.80. The third-order valence-electron chi connectivity index (χ3n) is 3.99. The van der Waals surface area contributed by atoms with Crippen molar-refractivity contribution in [2.45, 2.75) is 39.0 Å². The number of nitrogens with zero attached hydrogens (tertiary/aromatic N) is 3. The van der Waals surface area contributed by atoms with Crippen LogP contribution in [0.15, 0.2) is 6.07 Å². The van der Waals surface area contributed by atoms with E-state index in [0.717, 1.165) is 35.4 Å². The number of fused-ring (bicyclic) bond motifs is 1. The molecule has 0 aromatic carbocycles. The quantitative estimate of drug-likeness (QED) is 0.932. The van der Waals surface area contributed by atoms with Gasteiger partial charge in [0, 0.05) is 35.0 Å². The van der Waals surface area contributed by atoms with Gasteiger partial charge in [0.1, 0.15) is 10.6 Å². The Morgan fingerprint density at radius 1 is 1.38 bits per heavy atom. The van der Waals surface area contributed by atoms with Gasteiger partial charge in [0.2, 0.25) is 5.95 Å². The van der Waals surface area contributed by atoms with Crippen molar-refractivity contribution in [3.05, 3.63) is 10.9 Å². The van der Waals surface area contributed by atoms with Gasteiger partial charge in [-0.3, -0.25) is 0 Å². The summed E-state index contributed by atoms with van der Waals surface area (Å²) in [5.41, 5.74) is 0. The Kier molecular flexibility index (Phi) is 4.26. The minimum atomic E-state index is 0.497. The van der Waals surface area contributed by atoms with E-state index < -0.39 is 0 Å². The number of anilines is 2. The van der Waals surface area contributed by atoms with Crippen LogP contribution in [-0.2, 0) is 0 Å². The van der Waals surface area contributed by atoms with Crippen molar-refractivity contribution in [2.24, 2.45) is 0 Å². The molecule has 3 rings (SSSR count). The number of aryl methyl sites for hydroxylation is 1. The van der Waals surface area contributed by atoms with Crippen LogP contribution in [-0.4, -0.2) is 40.1 Å². The van der Waals surface area contributed by atoms with Crippen molar-refractivity contribution in [1.29, 1.82) is 0 Å². The summed E-state index contributed by atoms with van der Waals surface area (Å²) in [6.45, 7) is 10.7. The van der Waals surface area contributed by atoms with E-state index in [1.54, 1.807) is 11.3 Å². The zero-order valence-electron chi connectivity index (χ0n) is 13.0. The van der Waals surface area contributed by atoms with E-state index in [1.807, 2.05) is 0 Å². The summed E-state index contributed by atoms with van der Waals surface area (Å²) < 4.78 is 0. The Labute approximate surface area is 134 Å². The van der Waals surface area contributed by atoms with Crippen molar-refractivity contribution >= 4 is 45.1 Å². The van der Waals surface area contributed by atoms with Gasteiger partial charge in [-0.1, -0.05) is 6.92 Å². The van der Waals surface area contributed by atoms with Crippen LogP contribution in [0.2, 0.25) is 0 Å². The molecule has 21 heavy (non-hydrogen) atoms. The van der Waals surface area contributed by atoms with Gasteiger partial charge in [-0.15, -0.1) is 11.3 Å². The van der Waals surface area contributed by atoms with Crippen molar-refractivity contribution in [3.8, 4) is 0 Å². The van der Waals surface area contributed by atoms with Gasteiger partial charge in [0.25, 0.3) is 0 Å². The lowest BCUT2D eigenvalue weighted by molar-refractivity contribution is 0.622. The Balaban J connectivity index is 2.10. The van der Waals surface area contributed by atoms with E-state index in [0.29, 0.717) is 11.3 Å². The lowest BCUT2D eigenvalue weighted by Gasteiger charge is -2.38. The summed E-state index contributed by atoms with van der Waals surface area (Å²) in [4.78, 5) is 14.3. The number of aromatic nitrogens is 2. The summed E-state index contributed by atoms with van der Waals surface area (Å²) in [6, 6.07) is 2.72. The molecular weight excluding hydrogens is 300 g/mol. The Morgan fingerprint density at radius 2 is 2.19 bits per heavy atom. The lowest BCUT2D eigenvalue weighted by Crippen LogP contribution is -2.45. The third-order valence-corrected chi connectivity index (χ3v) is 6.27. The highest BCUT2D eigenvalue weighted by molar-refractivity contribution is 8.00. The molecule has 1 saturated heterocycles. The van der Waals surface area contributed by atoms with E-state index in [4.69, 9.17) is 4.98 Å². The van der Waals surface area contributed by atoms with E-state index in [9.17, 15) is 0 Å². The highest BCUT2D eigenvalue weighted by atomic mass is 32.2. The maximum atomic E-state index is 4.81. The van der Waals surface area contributed by atoms with Crippen LogP contribution in [0.25, 0.3) is 10.2 Å². The number of hydrogen-bond acceptors (Lipinski definition) is 6. The summed E-state index contributed by atoms with van der Waals surface area (Å²) in [7, 11) is 0. The van der Waals surface area contributed by atoms with Gasteiger partial charge < -0.3 is 10.2 Å². The first-order chi connectivity index (χ1) is 10.1. The number of hydrogen-bond donors (Lipinski definition) is 1. The van der Waals surface area contributed by atoms with Gasteiger partial charge in [-0.2, -0.15) is 16.7 Å². The molecule has 0 aliphatic carbocycles. The highest BCUT2D eigenvalue weighted by Gasteiger charge is 2.28. The molecule has 2 aromatic rings. The smallest absolute Gasteiger partial charge is 0.226 e. The normalized spacial score (nSPS) is 22.8. The fourth-order valence-corrected chi connectivity index (χ4v) is 4.69. The maximum Gasteiger partial charge on any atom is 0.226 e. The minimum absolute atomic E-state index is 0.497. The zero-order valence-corrected chi connectivity index (χ0v) is 14.6. The SMILES string of the molecule is CCNc1nc(N2CCSC(C)C2C)c2cc(C)sc2n1. The number of nitrogens with one attached hydrogen (secondary N) is 1. The Morgan fingerprint density at radius 3 is 2.95 bits per heavy atom. The van der Waals surface area contributed by atoms with E-state index in [2.05, 4.69) is 60.7 Å². The minimum Gasteiger partial charge on any atom is -0.354 e. The van der Waals surface area contributed by atoms with Crippen molar-refractivity contribution in [3.63, 3.8) is 0 Å². The molecule has 0 amide bonds. The Hall–Kier alpha value is -1.01. The average molecular weight is 323 g/mol. The molecule has 4 nitrogen and oxygen atoms in total. The van der Waals surface area contributed by atoms with Crippen LogP contribution in [0, 0.1) is 6.92 Å². The zero-order chi connectivity index (χ0) is 15.0. The number of thioether (sulfide) groups is 1. The van der Waals surface area contributed by atoms with Crippen LogP contribution >= 0.6 is 23.1 Å². The van der Waals surface area contributed by atoms with Crippen LogP contribution in [0.1, 0.15) is 25.6 Å². The number of thiophene rings is 1. The lowest BCUT2D eigenvalue weighted by atomic mass is 10.2. The molecule has 0 spiro atoms. The monoisotopic (exact) mass is 322 g/mol. The molecule has 1 N–H and O–H groups in total. The molecule has 3 heterocycles. The molecule has 1 aliphatic heterocycles. The van der Waals surface area contributed by atoms with Crippen LogP contribution in [0.4, 0.5) is 11.8 Å². The molecule has 6 heteroatoms. The van der Waals surface area contributed by atoms with Crippen molar-refractivity contribution < 1.29 is 0 Å². The van der Waals surface area contributed by atoms with Crippen LogP contribution < -0.4 is 10.2 Å². The van der Waals surface area contributed by atoms with Gasteiger partial charge in [-0.05, 0) is 26.8 Å². The molecule has 1 aliphatic rings. The molecule has 0 saturated carbocycles. The second kappa shape index (κ2) is 6.01. The molecule has 0 bridgehead atoms. The van der Waals surface area contributed by atoms with E-state index in [1.165, 1.54) is 10.3 Å². The predicted octanol–water partition coefficient (Wildman–Crippen LogP) is 3.76. The summed E-state index contributed by atoms with van der Waals surface area (Å²) in [5.74, 6) is 3.01. The maximum absolute atomic E-state index is 4.81. The van der Waals surface area contributed by atoms with Crippen LogP contribution in [0.3, 0.4) is 0 Å². The fraction of sp³-hybridized carbons (Fsp3) is 0.600. The molecule has 114 valence electrons. The third kappa shape index (κ3) is 2.83. The molecule has 0 radical (unpaired) electrons. The summed E-state index contributed by atoms with van der Waals surface area (Å²) in [6.07, 6.45) is 0. The molecule has 2 atom stereocenters. The molecular formula is C15H22N4S2. The Bertz CT molecular complexity index is 640. The first-order valence-electron chi connectivity index (χ1n) is 7.50. The standard InChI is InChI=1S/C15H22N4S2/c1-5-16-15-17-13(12-8-9(2)21-14(12)18-15)19-6-7-20-11(4)10(19)3/h8,10-11H,5-7H2,1-4H3,(H,16,17,18).